The zero-order valence-electron chi connectivity index (χ0n) is 20.9. The quantitative estimate of drug-likeness (QED) is 0.396. The number of tetrazole rings is 1. The molecule has 2 aromatic carbocycles. The molecular weight excluding hydrogens is 444 g/mol. The number of nitrogens with one attached hydrogen (secondary N) is 3. The van der Waals surface area contributed by atoms with Crippen LogP contribution in [0.1, 0.15) is 49.3 Å². The van der Waals surface area contributed by atoms with E-state index in [9.17, 15) is 4.79 Å². The number of methoxy groups -OCH3 is 2. The normalized spacial score (nSPS) is 14.1. The summed E-state index contributed by atoms with van der Waals surface area (Å²) < 4.78 is 11.7. The minimum Gasteiger partial charge on any atom is -0.496 e. The first-order valence-electron chi connectivity index (χ1n) is 11.8. The molecule has 1 saturated carbocycles. The van der Waals surface area contributed by atoms with E-state index >= 15 is 0 Å². The number of aromatic amines is 1. The standard InChI is InChI=1S/C26H32N6O3/c1-15(25(33)28-26-29-31-32-30-26)14-21-16(2)24(35-5)22(17(3)23(21)34-4)18-10-12-20(13-11-18)27-19-8-6-7-9-19/h10-14,19,27H,6-9H2,1-5H3,(H2,28,29,30,31,32,33)/b15-14+. The second kappa shape index (κ2) is 10.6. The summed E-state index contributed by atoms with van der Waals surface area (Å²) in [6.45, 7) is 5.70. The number of hydrogen-bond acceptors (Lipinski definition) is 7. The molecular formula is C26H32N6O3. The number of ether oxygens (including phenoxy) is 2. The molecule has 9 nitrogen and oxygen atoms in total. The highest BCUT2D eigenvalue weighted by Gasteiger charge is 2.22. The van der Waals surface area contributed by atoms with Crippen LogP contribution in [0.25, 0.3) is 17.2 Å². The SMILES string of the molecule is COc1c(C)c(-c2ccc(NC3CCCC3)cc2)c(OC)c(C)c1/C=C(\C)C(=O)Nc1nnn[nH]1. The Morgan fingerprint density at radius 1 is 1.06 bits per heavy atom. The molecule has 1 aromatic heterocycles. The van der Waals surface area contributed by atoms with E-state index in [2.05, 4.69) is 55.5 Å². The van der Waals surface area contributed by atoms with E-state index in [1.165, 1.54) is 25.7 Å². The summed E-state index contributed by atoms with van der Waals surface area (Å²) in [4.78, 5) is 12.6. The molecule has 184 valence electrons. The van der Waals surface area contributed by atoms with E-state index < -0.39 is 0 Å². The van der Waals surface area contributed by atoms with Gasteiger partial charge in [0.25, 0.3) is 5.91 Å². The monoisotopic (exact) mass is 476 g/mol. The highest BCUT2D eigenvalue weighted by molar-refractivity contribution is 6.06. The van der Waals surface area contributed by atoms with Gasteiger partial charge in [0.15, 0.2) is 0 Å². The minimum absolute atomic E-state index is 0.182. The van der Waals surface area contributed by atoms with Gasteiger partial charge in [-0.2, -0.15) is 0 Å². The zero-order valence-corrected chi connectivity index (χ0v) is 20.9. The largest absolute Gasteiger partial charge is 0.496 e. The number of carbonyl (C=O) groups is 1. The Hall–Kier alpha value is -3.88. The maximum absolute atomic E-state index is 12.6. The second-order valence-electron chi connectivity index (χ2n) is 8.84. The number of anilines is 2. The second-order valence-corrected chi connectivity index (χ2v) is 8.84. The summed E-state index contributed by atoms with van der Waals surface area (Å²) in [6, 6.07) is 9.02. The fraction of sp³-hybridized carbons (Fsp3) is 0.385. The molecule has 1 amide bonds. The number of carbonyl (C=O) groups excluding carboxylic acids is 1. The summed E-state index contributed by atoms with van der Waals surface area (Å²) in [5, 5.41) is 19.4. The molecule has 3 aromatic rings. The van der Waals surface area contributed by atoms with Crippen molar-refractivity contribution in [2.75, 3.05) is 24.9 Å². The lowest BCUT2D eigenvalue weighted by molar-refractivity contribution is -0.112. The van der Waals surface area contributed by atoms with Crippen molar-refractivity contribution in [1.82, 2.24) is 20.6 Å². The van der Waals surface area contributed by atoms with E-state index in [0.717, 1.165) is 39.3 Å². The van der Waals surface area contributed by atoms with Crippen LogP contribution < -0.4 is 20.1 Å². The van der Waals surface area contributed by atoms with Crippen LogP contribution in [0.5, 0.6) is 11.5 Å². The highest BCUT2D eigenvalue weighted by Crippen LogP contribution is 2.45. The molecule has 1 fully saturated rings. The molecule has 1 heterocycles. The Morgan fingerprint density at radius 3 is 2.34 bits per heavy atom. The van der Waals surface area contributed by atoms with E-state index in [1.807, 2.05) is 13.8 Å². The van der Waals surface area contributed by atoms with Crippen molar-refractivity contribution in [3.63, 3.8) is 0 Å². The van der Waals surface area contributed by atoms with Crippen LogP contribution in [0.4, 0.5) is 11.6 Å². The van der Waals surface area contributed by atoms with Gasteiger partial charge in [-0.1, -0.05) is 30.1 Å². The topological polar surface area (TPSA) is 114 Å². The van der Waals surface area contributed by atoms with Gasteiger partial charge in [-0.3, -0.25) is 10.1 Å². The lowest BCUT2D eigenvalue weighted by Gasteiger charge is -2.22. The third-order valence-electron chi connectivity index (χ3n) is 6.54. The predicted octanol–water partition coefficient (Wildman–Crippen LogP) is 4.90. The molecule has 0 spiro atoms. The van der Waals surface area contributed by atoms with E-state index in [-0.39, 0.29) is 11.9 Å². The van der Waals surface area contributed by atoms with E-state index in [1.54, 1.807) is 27.2 Å². The average molecular weight is 477 g/mol. The fourth-order valence-electron chi connectivity index (χ4n) is 4.74. The number of nitrogens with zero attached hydrogens (tertiary/aromatic N) is 3. The Balaban J connectivity index is 1.69. The fourth-order valence-corrected chi connectivity index (χ4v) is 4.74. The molecule has 0 unspecified atom stereocenters. The number of rotatable bonds is 8. The van der Waals surface area contributed by atoms with Gasteiger partial charge < -0.3 is 14.8 Å². The summed E-state index contributed by atoms with van der Waals surface area (Å²) in [6.07, 6.45) is 6.84. The number of benzene rings is 2. The molecule has 1 aliphatic carbocycles. The third-order valence-corrected chi connectivity index (χ3v) is 6.54. The number of H-pyrrole nitrogens is 1. The van der Waals surface area contributed by atoms with Crippen LogP contribution in [0.2, 0.25) is 0 Å². The molecule has 0 bridgehead atoms. The lowest BCUT2D eigenvalue weighted by Crippen LogP contribution is -2.14. The maximum atomic E-state index is 12.6. The van der Waals surface area contributed by atoms with Crippen LogP contribution in [0.15, 0.2) is 29.8 Å². The molecule has 1 aliphatic rings. The molecule has 0 atom stereocenters. The van der Waals surface area contributed by atoms with Crippen molar-refractivity contribution in [3.05, 3.63) is 46.5 Å². The third kappa shape index (κ3) is 5.13. The van der Waals surface area contributed by atoms with Crippen molar-refractivity contribution in [2.24, 2.45) is 0 Å². The van der Waals surface area contributed by atoms with Crippen LogP contribution in [-0.4, -0.2) is 46.8 Å². The van der Waals surface area contributed by atoms with E-state index in [4.69, 9.17) is 9.47 Å². The number of aromatic nitrogens is 4. The molecule has 0 aliphatic heterocycles. The van der Waals surface area contributed by atoms with Crippen molar-refractivity contribution >= 4 is 23.6 Å². The van der Waals surface area contributed by atoms with Crippen LogP contribution in [0.3, 0.4) is 0 Å². The van der Waals surface area contributed by atoms with Crippen molar-refractivity contribution < 1.29 is 14.3 Å². The van der Waals surface area contributed by atoms with Crippen molar-refractivity contribution in [3.8, 4) is 22.6 Å². The first-order chi connectivity index (χ1) is 16.9. The van der Waals surface area contributed by atoms with Crippen LogP contribution >= 0.6 is 0 Å². The van der Waals surface area contributed by atoms with E-state index in [0.29, 0.717) is 17.4 Å². The molecule has 9 heteroatoms. The Labute approximate surface area is 205 Å². The maximum Gasteiger partial charge on any atom is 0.253 e. The van der Waals surface area contributed by atoms with Gasteiger partial charge in [0, 0.05) is 39.6 Å². The Morgan fingerprint density at radius 2 is 1.74 bits per heavy atom. The zero-order chi connectivity index (χ0) is 24.9. The van der Waals surface area contributed by atoms with Gasteiger partial charge >= 0.3 is 0 Å². The highest BCUT2D eigenvalue weighted by atomic mass is 16.5. The molecule has 0 saturated heterocycles. The smallest absolute Gasteiger partial charge is 0.253 e. The first-order valence-corrected chi connectivity index (χ1v) is 11.8. The van der Waals surface area contributed by atoms with Gasteiger partial charge in [0.2, 0.25) is 5.95 Å². The molecule has 0 radical (unpaired) electrons. The summed E-state index contributed by atoms with van der Waals surface area (Å²) >= 11 is 0. The van der Waals surface area contributed by atoms with Gasteiger partial charge in [0.05, 0.1) is 14.2 Å². The predicted molar refractivity (Wildman–Crippen MR) is 137 cm³/mol. The van der Waals surface area contributed by atoms with Crippen molar-refractivity contribution in [1.29, 1.82) is 0 Å². The summed E-state index contributed by atoms with van der Waals surface area (Å²) in [7, 11) is 3.30. The Kier molecular flexibility index (Phi) is 7.33. The van der Waals surface area contributed by atoms with Crippen LogP contribution in [-0.2, 0) is 4.79 Å². The van der Waals surface area contributed by atoms with Gasteiger partial charge in [-0.25, -0.2) is 5.10 Å². The van der Waals surface area contributed by atoms with Gasteiger partial charge in [-0.15, -0.1) is 0 Å². The average Bonchev–Trinajstić information content (AvgIpc) is 3.56. The Bertz CT molecular complexity index is 1210. The number of hydrogen-bond donors (Lipinski definition) is 3. The molecule has 3 N–H and O–H groups in total. The van der Waals surface area contributed by atoms with Gasteiger partial charge in [0.1, 0.15) is 11.5 Å². The molecule has 35 heavy (non-hydrogen) atoms. The molecule has 4 rings (SSSR count). The van der Waals surface area contributed by atoms with Crippen LogP contribution in [0, 0.1) is 13.8 Å². The summed E-state index contributed by atoms with van der Waals surface area (Å²) in [5.74, 6) is 1.30. The number of amides is 1. The minimum atomic E-state index is -0.323. The summed E-state index contributed by atoms with van der Waals surface area (Å²) in [5.41, 5.74) is 6.22. The first kappa shape index (κ1) is 24.3. The van der Waals surface area contributed by atoms with Gasteiger partial charge in [-0.05, 0) is 67.8 Å². The lowest BCUT2D eigenvalue weighted by atomic mass is 9.91. The van der Waals surface area contributed by atoms with Crippen molar-refractivity contribution in [2.45, 2.75) is 52.5 Å².